The predicted molar refractivity (Wildman–Crippen MR) is 80.9 cm³/mol. The Bertz CT molecular complexity index is 487. The lowest BCUT2D eigenvalue weighted by Crippen LogP contribution is -2.27. The summed E-state index contributed by atoms with van der Waals surface area (Å²) in [5, 5.41) is 10.0. The van der Waals surface area contributed by atoms with Crippen LogP contribution in [0, 0.1) is 0 Å². The average Bonchev–Trinajstić information content (AvgIpc) is 2.33. The molecule has 0 saturated heterocycles. The molecule has 1 atom stereocenters. The van der Waals surface area contributed by atoms with Gasteiger partial charge in [0.1, 0.15) is 9.84 Å². The fraction of sp³-hybridized carbons (Fsp3) is 0.538. The number of hydrogen-bond donors (Lipinski definition) is 1. The second kappa shape index (κ2) is 7.38. The van der Waals surface area contributed by atoms with Gasteiger partial charge in [0.2, 0.25) is 0 Å². The van der Waals surface area contributed by atoms with Crippen molar-refractivity contribution in [3.8, 4) is 0 Å². The molecule has 19 heavy (non-hydrogen) atoms. The molecule has 6 heteroatoms. The van der Waals surface area contributed by atoms with E-state index in [0.29, 0.717) is 19.5 Å². The van der Waals surface area contributed by atoms with Gasteiger partial charge < -0.3 is 10.0 Å². The molecular weight excluding hydrogens is 330 g/mol. The first-order valence-electron chi connectivity index (χ1n) is 6.08. The largest absolute Gasteiger partial charge is 0.388 e. The number of benzene rings is 1. The molecule has 0 fully saturated rings. The molecular formula is C13H20BrNO3S. The molecule has 0 aliphatic carbocycles. The Morgan fingerprint density at radius 1 is 1.26 bits per heavy atom. The van der Waals surface area contributed by atoms with E-state index >= 15 is 0 Å². The summed E-state index contributed by atoms with van der Waals surface area (Å²) >= 11 is 3.35. The molecule has 1 rings (SSSR count). The number of hydrogen-bond acceptors (Lipinski definition) is 4. The van der Waals surface area contributed by atoms with Gasteiger partial charge in [0.05, 0.1) is 11.9 Å². The summed E-state index contributed by atoms with van der Waals surface area (Å²) in [6.07, 6.45) is 1.30. The van der Waals surface area contributed by atoms with Gasteiger partial charge in [0.25, 0.3) is 0 Å². The smallest absolute Gasteiger partial charge is 0.148 e. The molecule has 0 aliphatic heterocycles. The zero-order chi connectivity index (χ0) is 14.5. The van der Waals surface area contributed by atoms with Crippen LogP contribution in [0.15, 0.2) is 28.7 Å². The van der Waals surface area contributed by atoms with Crippen molar-refractivity contribution in [2.75, 3.05) is 32.1 Å². The first-order chi connectivity index (χ1) is 8.78. The predicted octanol–water partition coefficient (Wildman–Crippen LogP) is 1.85. The Labute approximate surface area is 123 Å². The minimum atomic E-state index is -2.92. The molecule has 4 nitrogen and oxygen atoms in total. The van der Waals surface area contributed by atoms with Crippen LogP contribution in [-0.2, 0) is 9.84 Å². The molecule has 1 unspecified atom stereocenters. The van der Waals surface area contributed by atoms with E-state index in [1.54, 1.807) is 0 Å². The number of aliphatic hydroxyl groups is 1. The van der Waals surface area contributed by atoms with Crippen molar-refractivity contribution in [2.45, 2.75) is 12.5 Å². The molecule has 1 aromatic carbocycles. The molecule has 0 saturated carbocycles. The van der Waals surface area contributed by atoms with Crippen LogP contribution in [0.3, 0.4) is 0 Å². The Hall–Kier alpha value is -0.430. The standard InChI is InChI=1S/C13H20BrNO3S/c1-15(9-10-19(2,17)18)8-7-13(16)11-3-5-12(14)6-4-11/h3-6,13,16H,7-10H2,1-2H3. The summed E-state index contributed by atoms with van der Waals surface area (Å²) in [5.41, 5.74) is 0.875. The first kappa shape index (κ1) is 16.6. The van der Waals surface area contributed by atoms with Crippen LogP contribution >= 0.6 is 15.9 Å². The fourth-order valence-electron chi connectivity index (χ4n) is 1.63. The van der Waals surface area contributed by atoms with E-state index < -0.39 is 15.9 Å². The van der Waals surface area contributed by atoms with Crippen molar-refractivity contribution >= 4 is 25.8 Å². The highest BCUT2D eigenvalue weighted by molar-refractivity contribution is 9.10. The quantitative estimate of drug-likeness (QED) is 0.816. The molecule has 0 aromatic heterocycles. The number of aliphatic hydroxyl groups excluding tert-OH is 1. The zero-order valence-electron chi connectivity index (χ0n) is 11.2. The molecule has 0 heterocycles. The van der Waals surface area contributed by atoms with Gasteiger partial charge in [-0.05, 0) is 31.2 Å². The SMILES string of the molecule is CN(CCC(O)c1ccc(Br)cc1)CCS(C)(=O)=O. The summed E-state index contributed by atoms with van der Waals surface area (Å²) in [7, 11) is -1.06. The molecule has 1 N–H and O–H groups in total. The lowest BCUT2D eigenvalue weighted by atomic mass is 10.1. The van der Waals surface area contributed by atoms with Gasteiger partial charge in [-0.15, -0.1) is 0 Å². The van der Waals surface area contributed by atoms with Gasteiger partial charge in [-0.2, -0.15) is 0 Å². The van der Waals surface area contributed by atoms with E-state index in [1.807, 2.05) is 36.2 Å². The third-order valence-electron chi connectivity index (χ3n) is 2.88. The van der Waals surface area contributed by atoms with Gasteiger partial charge in [0.15, 0.2) is 0 Å². The average molecular weight is 350 g/mol. The summed E-state index contributed by atoms with van der Waals surface area (Å²) in [4.78, 5) is 1.92. The summed E-state index contributed by atoms with van der Waals surface area (Å²) < 4.78 is 23.1. The molecule has 0 spiro atoms. The van der Waals surface area contributed by atoms with E-state index in [1.165, 1.54) is 6.26 Å². The highest BCUT2D eigenvalue weighted by atomic mass is 79.9. The summed E-state index contributed by atoms with van der Waals surface area (Å²) in [5.74, 6) is 0.151. The molecule has 0 bridgehead atoms. The van der Waals surface area contributed by atoms with Gasteiger partial charge in [-0.3, -0.25) is 0 Å². The van der Waals surface area contributed by atoms with E-state index in [2.05, 4.69) is 15.9 Å². The maximum Gasteiger partial charge on any atom is 0.148 e. The van der Waals surface area contributed by atoms with E-state index in [9.17, 15) is 13.5 Å². The van der Waals surface area contributed by atoms with Crippen LogP contribution in [0.5, 0.6) is 0 Å². The fourth-order valence-corrected chi connectivity index (χ4v) is 2.54. The first-order valence-corrected chi connectivity index (χ1v) is 8.93. The molecule has 108 valence electrons. The van der Waals surface area contributed by atoms with Crippen molar-refractivity contribution in [1.29, 1.82) is 0 Å². The normalized spacial score (nSPS) is 13.7. The monoisotopic (exact) mass is 349 g/mol. The Balaban J connectivity index is 2.37. The lowest BCUT2D eigenvalue weighted by Gasteiger charge is -2.18. The van der Waals surface area contributed by atoms with Crippen LogP contribution in [0.2, 0.25) is 0 Å². The van der Waals surface area contributed by atoms with Gasteiger partial charge in [0, 0.05) is 23.8 Å². The van der Waals surface area contributed by atoms with Crippen molar-refractivity contribution < 1.29 is 13.5 Å². The van der Waals surface area contributed by atoms with Crippen LogP contribution < -0.4 is 0 Å². The highest BCUT2D eigenvalue weighted by Gasteiger charge is 2.10. The van der Waals surface area contributed by atoms with Gasteiger partial charge in [-0.1, -0.05) is 28.1 Å². The molecule has 1 aromatic rings. The number of halogens is 1. The summed E-state index contributed by atoms with van der Waals surface area (Å²) in [6.45, 7) is 1.15. The number of nitrogens with zero attached hydrogens (tertiary/aromatic N) is 1. The Kier molecular flexibility index (Phi) is 6.46. The third kappa shape index (κ3) is 7.06. The molecule has 0 aliphatic rings. The van der Waals surface area contributed by atoms with Gasteiger partial charge >= 0.3 is 0 Å². The minimum Gasteiger partial charge on any atom is -0.388 e. The van der Waals surface area contributed by atoms with Crippen LogP contribution in [0.4, 0.5) is 0 Å². The van der Waals surface area contributed by atoms with Crippen LogP contribution in [-0.4, -0.2) is 50.6 Å². The van der Waals surface area contributed by atoms with Gasteiger partial charge in [-0.25, -0.2) is 8.42 Å². The van der Waals surface area contributed by atoms with E-state index in [-0.39, 0.29) is 5.75 Å². The van der Waals surface area contributed by atoms with Crippen molar-refractivity contribution in [1.82, 2.24) is 4.90 Å². The van der Waals surface area contributed by atoms with E-state index in [0.717, 1.165) is 10.0 Å². The minimum absolute atomic E-state index is 0.151. The van der Waals surface area contributed by atoms with Crippen LogP contribution in [0.1, 0.15) is 18.1 Å². The Morgan fingerprint density at radius 3 is 2.37 bits per heavy atom. The maximum atomic E-state index is 11.0. The highest BCUT2D eigenvalue weighted by Crippen LogP contribution is 2.19. The lowest BCUT2D eigenvalue weighted by molar-refractivity contribution is 0.150. The number of sulfone groups is 1. The maximum absolute atomic E-state index is 11.0. The zero-order valence-corrected chi connectivity index (χ0v) is 13.6. The molecule has 0 radical (unpaired) electrons. The van der Waals surface area contributed by atoms with E-state index in [4.69, 9.17) is 0 Å². The third-order valence-corrected chi connectivity index (χ3v) is 4.34. The van der Waals surface area contributed by atoms with Crippen LogP contribution in [0.25, 0.3) is 0 Å². The molecule has 0 amide bonds. The van der Waals surface area contributed by atoms with Crippen molar-refractivity contribution in [3.05, 3.63) is 34.3 Å². The topological polar surface area (TPSA) is 57.6 Å². The Morgan fingerprint density at radius 2 is 1.84 bits per heavy atom. The van der Waals surface area contributed by atoms with Crippen molar-refractivity contribution in [2.24, 2.45) is 0 Å². The second-order valence-electron chi connectivity index (χ2n) is 4.79. The number of rotatable bonds is 7. The summed E-state index contributed by atoms with van der Waals surface area (Å²) in [6, 6.07) is 7.55. The second-order valence-corrected chi connectivity index (χ2v) is 7.96. The van der Waals surface area contributed by atoms with Crippen molar-refractivity contribution in [3.63, 3.8) is 0 Å².